The van der Waals surface area contributed by atoms with Gasteiger partial charge in [-0.15, -0.1) is 0 Å². The van der Waals surface area contributed by atoms with E-state index in [4.69, 9.17) is 15.5 Å². The average molecular weight is 269 g/mol. The van der Waals surface area contributed by atoms with E-state index in [0.717, 1.165) is 41.1 Å². The van der Waals surface area contributed by atoms with Crippen LogP contribution in [-0.2, 0) is 24.2 Å². The van der Waals surface area contributed by atoms with Gasteiger partial charge in [-0.1, -0.05) is 24.3 Å². The number of benzene rings is 1. The molecule has 1 aliphatic rings. The molecule has 0 aliphatic heterocycles. The Labute approximate surface area is 119 Å². The number of hydrogen-bond donors (Lipinski definition) is 1. The van der Waals surface area contributed by atoms with Gasteiger partial charge in [0.05, 0.1) is 6.61 Å². The first kappa shape index (κ1) is 13.1. The van der Waals surface area contributed by atoms with Crippen molar-refractivity contribution in [2.24, 2.45) is 0 Å². The molecule has 0 fully saturated rings. The van der Waals surface area contributed by atoms with E-state index in [1.165, 1.54) is 12.8 Å². The van der Waals surface area contributed by atoms with E-state index in [-0.39, 0.29) is 0 Å². The summed E-state index contributed by atoms with van der Waals surface area (Å²) >= 11 is 0. The van der Waals surface area contributed by atoms with Crippen molar-refractivity contribution < 1.29 is 4.74 Å². The maximum atomic E-state index is 6.09. The molecule has 4 nitrogen and oxygen atoms in total. The van der Waals surface area contributed by atoms with Crippen LogP contribution in [0, 0.1) is 0 Å². The number of aryl methyl sites for hydroxylation is 1. The number of nitrogens with two attached hydrogens (primary N) is 1. The molecule has 2 N–H and O–H groups in total. The average Bonchev–Trinajstić information content (AvgIpc) is 2.48. The lowest BCUT2D eigenvalue weighted by Crippen LogP contribution is -2.11. The molecule has 0 amide bonds. The van der Waals surface area contributed by atoms with E-state index < -0.39 is 0 Å². The predicted molar refractivity (Wildman–Crippen MR) is 79.2 cm³/mol. The van der Waals surface area contributed by atoms with E-state index in [1.807, 2.05) is 24.3 Å². The third kappa shape index (κ3) is 2.51. The summed E-state index contributed by atoms with van der Waals surface area (Å²) in [4.78, 5) is 9.17. The van der Waals surface area contributed by atoms with Crippen molar-refractivity contribution in [3.63, 3.8) is 0 Å². The Hall–Kier alpha value is -1.94. The minimum absolute atomic E-state index is 0.619. The summed E-state index contributed by atoms with van der Waals surface area (Å²) in [6.07, 6.45) is 4.40. The molecule has 20 heavy (non-hydrogen) atoms. The second-order valence-corrected chi connectivity index (χ2v) is 5.19. The van der Waals surface area contributed by atoms with Gasteiger partial charge in [-0.2, -0.15) is 0 Å². The zero-order chi connectivity index (χ0) is 13.9. The molecule has 0 atom stereocenters. The van der Waals surface area contributed by atoms with Gasteiger partial charge in [0.2, 0.25) is 0 Å². The first-order valence-corrected chi connectivity index (χ1v) is 7.01. The fourth-order valence-electron chi connectivity index (χ4n) is 2.67. The third-order valence-corrected chi connectivity index (χ3v) is 3.74. The molecule has 2 aromatic rings. The molecule has 104 valence electrons. The van der Waals surface area contributed by atoms with E-state index in [1.54, 1.807) is 7.11 Å². The van der Waals surface area contributed by atoms with Gasteiger partial charge in [0.1, 0.15) is 5.82 Å². The van der Waals surface area contributed by atoms with Crippen molar-refractivity contribution in [2.45, 2.75) is 32.3 Å². The van der Waals surface area contributed by atoms with Gasteiger partial charge < -0.3 is 10.5 Å². The molecule has 0 unspecified atom stereocenters. The van der Waals surface area contributed by atoms with Crippen LogP contribution in [0.2, 0.25) is 0 Å². The van der Waals surface area contributed by atoms with Gasteiger partial charge in [0, 0.05) is 23.9 Å². The van der Waals surface area contributed by atoms with Crippen LogP contribution in [0.15, 0.2) is 24.3 Å². The summed E-state index contributed by atoms with van der Waals surface area (Å²) in [5, 5.41) is 0. The van der Waals surface area contributed by atoms with Crippen LogP contribution in [0.3, 0.4) is 0 Å². The van der Waals surface area contributed by atoms with Crippen molar-refractivity contribution in [3.8, 4) is 11.4 Å². The van der Waals surface area contributed by atoms with Crippen molar-refractivity contribution in [1.29, 1.82) is 0 Å². The lowest BCUT2D eigenvalue weighted by atomic mass is 9.96. The highest BCUT2D eigenvalue weighted by Crippen LogP contribution is 2.26. The standard InChI is InChI=1S/C16H19N3O/c1-20-10-11-6-8-12(9-7-11)16-18-14-5-3-2-4-13(14)15(17)19-16/h6-9H,2-5,10H2,1H3,(H2,17,18,19). The van der Waals surface area contributed by atoms with Gasteiger partial charge >= 0.3 is 0 Å². The molecular formula is C16H19N3O. The molecule has 3 rings (SSSR count). The lowest BCUT2D eigenvalue weighted by molar-refractivity contribution is 0.185. The zero-order valence-electron chi connectivity index (χ0n) is 11.7. The van der Waals surface area contributed by atoms with Gasteiger partial charge in [0.25, 0.3) is 0 Å². The van der Waals surface area contributed by atoms with Crippen LogP contribution in [0.4, 0.5) is 5.82 Å². The number of nitrogens with zero attached hydrogens (tertiary/aromatic N) is 2. The van der Waals surface area contributed by atoms with Crippen LogP contribution in [0.25, 0.3) is 11.4 Å². The normalized spacial score (nSPS) is 14.1. The van der Waals surface area contributed by atoms with Gasteiger partial charge in [-0.25, -0.2) is 9.97 Å². The summed E-state index contributed by atoms with van der Waals surface area (Å²) < 4.78 is 5.12. The molecule has 1 heterocycles. The largest absolute Gasteiger partial charge is 0.383 e. The van der Waals surface area contributed by atoms with Crippen LogP contribution < -0.4 is 5.73 Å². The van der Waals surface area contributed by atoms with E-state index in [2.05, 4.69) is 4.98 Å². The number of anilines is 1. The van der Waals surface area contributed by atoms with Crippen molar-refractivity contribution >= 4 is 5.82 Å². The molecule has 0 spiro atoms. The number of methoxy groups -OCH3 is 1. The molecule has 0 bridgehead atoms. The first-order valence-electron chi connectivity index (χ1n) is 7.01. The topological polar surface area (TPSA) is 61.0 Å². The third-order valence-electron chi connectivity index (χ3n) is 3.74. The molecule has 0 saturated carbocycles. The molecule has 1 aliphatic carbocycles. The van der Waals surface area contributed by atoms with E-state index >= 15 is 0 Å². The first-order chi connectivity index (χ1) is 9.78. The smallest absolute Gasteiger partial charge is 0.161 e. The molecule has 0 radical (unpaired) electrons. The summed E-state index contributed by atoms with van der Waals surface area (Å²) in [6, 6.07) is 8.13. The maximum absolute atomic E-state index is 6.09. The summed E-state index contributed by atoms with van der Waals surface area (Å²) in [7, 11) is 1.70. The molecular weight excluding hydrogens is 250 g/mol. The summed E-state index contributed by atoms with van der Waals surface area (Å²) in [5.41, 5.74) is 10.5. The Morgan fingerprint density at radius 1 is 1.10 bits per heavy atom. The van der Waals surface area contributed by atoms with Crippen LogP contribution in [-0.4, -0.2) is 17.1 Å². The highest BCUT2D eigenvalue weighted by Gasteiger charge is 2.16. The fraction of sp³-hybridized carbons (Fsp3) is 0.375. The Morgan fingerprint density at radius 2 is 1.85 bits per heavy atom. The number of rotatable bonds is 3. The number of hydrogen-bond acceptors (Lipinski definition) is 4. The van der Waals surface area contributed by atoms with Gasteiger partial charge in [0.15, 0.2) is 5.82 Å². The van der Waals surface area contributed by atoms with Crippen molar-refractivity contribution in [3.05, 3.63) is 41.1 Å². The minimum Gasteiger partial charge on any atom is -0.383 e. The van der Waals surface area contributed by atoms with E-state index in [0.29, 0.717) is 12.4 Å². The van der Waals surface area contributed by atoms with Crippen molar-refractivity contribution in [2.75, 3.05) is 12.8 Å². The molecule has 1 aromatic carbocycles. The van der Waals surface area contributed by atoms with Crippen LogP contribution in [0.1, 0.15) is 29.7 Å². The van der Waals surface area contributed by atoms with Crippen LogP contribution >= 0.6 is 0 Å². The maximum Gasteiger partial charge on any atom is 0.161 e. The highest BCUT2D eigenvalue weighted by molar-refractivity contribution is 5.59. The van der Waals surface area contributed by atoms with Crippen LogP contribution in [0.5, 0.6) is 0 Å². The highest BCUT2D eigenvalue weighted by atomic mass is 16.5. The number of aromatic nitrogens is 2. The van der Waals surface area contributed by atoms with E-state index in [9.17, 15) is 0 Å². The Balaban J connectivity index is 1.95. The Kier molecular flexibility index (Phi) is 3.65. The molecule has 1 aromatic heterocycles. The number of fused-ring (bicyclic) bond motifs is 1. The quantitative estimate of drug-likeness (QED) is 0.930. The predicted octanol–water partition coefficient (Wildman–Crippen LogP) is 2.75. The zero-order valence-corrected chi connectivity index (χ0v) is 11.7. The Bertz CT molecular complexity index is 608. The molecule has 4 heteroatoms. The fourth-order valence-corrected chi connectivity index (χ4v) is 2.67. The number of nitrogen functional groups attached to an aromatic ring is 1. The monoisotopic (exact) mass is 269 g/mol. The second kappa shape index (κ2) is 5.59. The minimum atomic E-state index is 0.619. The SMILES string of the molecule is COCc1ccc(-c2nc(N)c3c(n2)CCCC3)cc1. The Morgan fingerprint density at radius 3 is 2.60 bits per heavy atom. The second-order valence-electron chi connectivity index (χ2n) is 5.19. The van der Waals surface area contributed by atoms with Gasteiger partial charge in [-0.3, -0.25) is 0 Å². The number of ether oxygens (including phenoxy) is 1. The molecule has 0 saturated heterocycles. The lowest BCUT2D eigenvalue weighted by Gasteiger charge is -2.17. The summed E-state index contributed by atoms with van der Waals surface area (Å²) in [5.74, 6) is 1.37. The van der Waals surface area contributed by atoms with Crippen molar-refractivity contribution in [1.82, 2.24) is 9.97 Å². The summed E-state index contributed by atoms with van der Waals surface area (Å²) in [6.45, 7) is 0.619. The van der Waals surface area contributed by atoms with Gasteiger partial charge in [-0.05, 0) is 31.2 Å².